The average Bonchev–Trinajstić information content (AvgIpc) is 3.39. The van der Waals surface area contributed by atoms with Gasteiger partial charge in [0.05, 0.1) is 6.04 Å². The van der Waals surface area contributed by atoms with E-state index in [0.717, 1.165) is 11.3 Å². The maximum absolute atomic E-state index is 14.6. The summed E-state index contributed by atoms with van der Waals surface area (Å²) in [5.74, 6) is -1.60. The van der Waals surface area contributed by atoms with Gasteiger partial charge in [-0.1, -0.05) is 108 Å². The second kappa shape index (κ2) is 8.77. The zero-order valence-electron chi connectivity index (χ0n) is 20.6. The molecule has 1 aliphatic carbocycles. The molecule has 2 aliphatic heterocycles. The van der Waals surface area contributed by atoms with Crippen LogP contribution in [0.25, 0.3) is 6.08 Å². The Kier molecular flexibility index (Phi) is 5.41. The van der Waals surface area contributed by atoms with Crippen molar-refractivity contribution >= 4 is 52.3 Å². The van der Waals surface area contributed by atoms with Gasteiger partial charge < -0.3 is 4.90 Å². The van der Waals surface area contributed by atoms with E-state index in [4.69, 9.17) is 23.2 Å². The zero-order chi connectivity index (χ0) is 26.9. The first-order chi connectivity index (χ1) is 18.9. The lowest BCUT2D eigenvalue weighted by molar-refractivity contribution is 0.0666. The number of hydrogen-bond donors (Lipinski definition) is 0. The van der Waals surface area contributed by atoms with Crippen LogP contribution in [0.4, 0.5) is 5.69 Å². The summed E-state index contributed by atoms with van der Waals surface area (Å²) in [6, 6.07) is 27.0. The van der Waals surface area contributed by atoms with Crippen LogP contribution in [0.5, 0.6) is 0 Å². The summed E-state index contributed by atoms with van der Waals surface area (Å²) in [6.07, 6.45) is 3.77. The Balaban J connectivity index is 1.57. The molecule has 4 aromatic carbocycles. The van der Waals surface area contributed by atoms with Crippen LogP contribution in [0.2, 0.25) is 10.0 Å². The Hall–Kier alpha value is -3.99. The third-order valence-electron chi connectivity index (χ3n) is 8.33. The first-order valence-corrected chi connectivity index (χ1v) is 13.5. The lowest BCUT2D eigenvalue weighted by Gasteiger charge is -2.37. The molecule has 0 N–H and O–H groups in total. The van der Waals surface area contributed by atoms with Gasteiger partial charge in [0.2, 0.25) is 0 Å². The lowest BCUT2D eigenvalue weighted by Crippen LogP contribution is -2.48. The number of rotatable bonds is 3. The number of fused-ring (bicyclic) bond motifs is 5. The fourth-order valence-corrected chi connectivity index (χ4v) is 7.23. The van der Waals surface area contributed by atoms with Crippen molar-refractivity contribution in [2.75, 3.05) is 4.90 Å². The van der Waals surface area contributed by atoms with Crippen molar-refractivity contribution in [3.8, 4) is 0 Å². The van der Waals surface area contributed by atoms with E-state index in [0.29, 0.717) is 32.3 Å². The molecule has 1 fully saturated rings. The molecule has 190 valence electrons. The summed E-state index contributed by atoms with van der Waals surface area (Å²) in [7, 11) is 0. The summed E-state index contributed by atoms with van der Waals surface area (Å²) >= 11 is 13.2. The third-order valence-corrected chi connectivity index (χ3v) is 8.91. The number of ketones is 3. The van der Waals surface area contributed by atoms with E-state index in [-0.39, 0.29) is 17.3 Å². The van der Waals surface area contributed by atoms with E-state index < -0.39 is 23.4 Å². The predicted molar refractivity (Wildman–Crippen MR) is 153 cm³/mol. The Bertz CT molecular complexity index is 1690. The molecule has 4 aromatic rings. The van der Waals surface area contributed by atoms with Crippen molar-refractivity contribution in [1.29, 1.82) is 0 Å². The lowest BCUT2D eigenvalue weighted by atomic mass is 9.64. The van der Waals surface area contributed by atoms with Gasteiger partial charge >= 0.3 is 0 Å². The van der Waals surface area contributed by atoms with Gasteiger partial charge in [-0.25, -0.2) is 0 Å². The summed E-state index contributed by atoms with van der Waals surface area (Å²) in [4.78, 5) is 45.7. The molecule has 39 heavy (non-hydrogen) atoms. The smallest absolute Gasteiger partial charge is 0.185 e. The molecule has 0 amide bonds. The summed E-state index contributed by atoms with van der Waals surface area (Å²) in [5.41, 5.74) is 1.82. The minimum atomic E-state index is -1.59. The van der Waals surface area contributed by atoms with E-state index in [1.807, 2.05) is 59.5 Å². The number of carbonyl (C=O) groups excluding carboxylic acids is 3. The minimum absolute atomic E-state index is 0.185. The molecular weight excluding hydrogens is 529 g/mol. The number of halogens is 2. The molecular formula is C33H21Cl2NO3. The molecule has 7 rings (SSSR count). The van der Waals surface area contributed by atoms with Crippen LogP contribution in [-0.2, 0) is 0 Å². The summed E-state index contributed by atoms with van der Waals surface area (Å²) in [6.45, 7) is 0. The number of hydrogen-bond acceptors (Lipinski definition) is 4. The Labute approximate surface area is 235 Å². The average molecular weight is 550 g/mol. The van der Waals surface area contributed by atoms with Crippen molar-refractivity contribution in [3.63, 3.8) is 0 Å². The van der Waals surface area contributed by atoms with Gasteiger partial charge in [-0.05, 0) is 35.4 Å². The van der Waals surface area contributed by atoms with E-state index in [1.165, 1.54) is 0 Å². The first kappa shape index (κ1) is 24.1. The van der Waals surface area contributed by atoms with Crippen LogP contribution in [0.15, 0.2) is 103 Å². The molecule has 1 unspecified atom stereocenters. The van der Waals surface area contributed by atoms with E-state index >= 15 is 0 Å². The molecule has 1 saturated heterocycles. The summed E-state index contributed by atoms with van der Waals surface area (Å²) < 4.78 is 0. The standard InChI is InChI=1S/C33H21Cl2NO3/c34-21-15-16-26-20(18-21)14-17-27-33(31(38)22-10-4-5-11-23(22)32(33)39)28(24-12-6-7-13-25(24)35)29(36(26)27)30(37)19-8-2-1-3-9-19/h1-18,27-29H/t27?,28-,29+/m1/s1. The molecule has 0 bridgehead atoms. The Morgan fingerprint density at radius 3 is 2.10 bits per heavy atom. The van der Waals surface area contributed by atoms with Gasteiger partial charge in [0.1, 0.15) is 11.5 Å². The van der Waals surface area contributed by atoms with Gasteiger partial charge in [-0.2, -0.15) is 0 Å². The maximum Gasteiger partial charge on any atom is 0.185 e. The quantitative estimate of drug-likeness (QED) is 0.198. The molecule has 0 aromatic heterocycles. The van der Waals surface area contributed by atoms with Crippen LogP contribution in [-0.4, -0.2) is 29.4 Å². The Morgan fingerprint density at radius 2 is 1.41 bits per heavy atom. The minimum Gasteiger partial charge on any atom is -0.352 e. The third kappa shape index (κ3) is 3.22. The number of anilines is 1. The molecule has 0 radical (unpaired) electrons. The van der Waals surface area contributed by atoms with Crippen molar-refractivity contribution < 1.29 is 14.4 Å². The second-order valence-corrected chi connectivity index (χ2v) is 11.0. The van der Waals surface area contributed by atoms with Crippen LogP contribution >= 0.6 is 23.2 Å². The van der Waals surface area contributed by atoms with Crippen LogP contribution in [0.1, 0.15) is 48.1 Å². The van der Waals surface area contributed by atoms with Crippen molar-refractivity contribution in [1.82, 2.24) is 0 Å². The number of Topliss-reactive ketones (excluding diaryl/α,β-unsaturated/α-hetero) is 3. The van der Waals surface area contributed by atoms with Crippen molar-refractivity contribution in [3.05, 3.63) is 141 Å². The molecule has 6 heteroatoms. The number of carbonyl (C=O) groups is 3. The largest absolute Gasteiger partial charge is 0.352 e. The topological polar surface area (TPSA) is 54.5 Å². The van der Waals surface area contributed by atoms with E-state index in [1.54, 1.807) is 54.6 Å². The molecule has 2 heterocycles. The number of benzene rings is 4. The highest BCUT2D eigenvalue weighted by Gasteiger charge is 2.71. The van der Waals surface area contributed by atoms with E-state index in [9.17, 15) is 14.4 Å². The predicted octanol–water partition coefficient (Wildman–Crippen LogP) is 7.31. The maximum atomic E-state index is 14.6. The Morgan fingerprint density at radius 1 is 0.769 bits per heavy atom. The van der Waals surface area contributed by atoms with Gasteiger partial charge in [0.15, 0.2) is 17.3 Å². The second-order valence-electron chi connectivity index (χ2n) is 10.2. The van der Waals surface area contributed by atoms with Crippen LogP contribution < -0.4 is 4.90 Å². The van der Waals surface area contributed by atoms with E-state index in [2.05, 4.69) is 0 Å². The summed E-state index contributed by atoms with van der Waals surface area (Å²) in [5, 5.41) is 0.962. The van der Waals surface area contributed by atoms with Gasteiger partial charge in [-0.15, -0.1) is 0 Å². The molecule has 1 spiro atoms. The van der Waals surface area contributed by atoms with Crippen molar-refractivity contribution in [2.45, 2.75) is 18.0 Å². The van der Waals surface area contributed by atoms with Crippen molar-refractivity contribution in [2.24, 2.45) is 5.41 Å². The van der Waals surface area contributed by atoms with Crippen LogP contribution in [0.3, 0.4) is 0 Å². The van der Waals surface area contributed by atoms with Crippen LogP contribution in [0, 0.1) is 5.41 Å². The zero-order valence-corrected chi connectivity index (χ0v) is 22.1. The van der Waals surface area contributed by atoms with Gasteiger partial charge in [-0.3, -0.25) is 14.4 Å². The number of nitrogens with zero attached hydrogens (tertiary/aromatic N) is 1. The highest BCUT2D eigenvalue weighted by atomic mass is 35.5. The highest BCUT2D eigenvalue weighted by Crippen LogP contribution is 2.61. The molecule has 4 nitrogen and oxygen atoms in total. The monoisotopic (exact) mass is 549 g/mol. The highest BCUT2D eigenvalue weighted by molar-refractivity contribution is 6.34. The normalized spacial score (nSPS) is 22.1. The SMILES string of the molecule is O=C(c1ccccc1)[C@@H]1[C@@H](c2ccccc2Cl)C2(C(=O)c3ccccc3C2=O)C2C=Cc3cc(Cl)ccc3N21. The fraction of sp³-hybridized carbons (Fsp3) is 0.121. The van der Waals surface area contributed by atoms with Gasteiger partial charge in [0, 0.05) is 38.3 Å². The molecule has 3 atom stereocenters. The molecule has 0 saturated carbocycles. The fourth-order valence-electron chi connectivity index (χ4n) is 6.79. The van der Waals surface area contributed by atoms with Gasteiger partial charge in [0.25, 0.3) is 0 Å². The first-order valence-electron chi connectivity index (χ1n) is 12.7. The molecule has 3 aliphatic rings.